The van der Waals surface area contributed by atoms with Crippen LogP contribution in [0.5, 0.6) is 0 Å². The van der Waals surface area contributed by atoms with Crippen LogP contribution in [-0.2, 0) is 13.2 Å². The second-order valence-electron chi connectivity index (χ2n) is 5.71. The fourth-order valence-electron chi connectivity index (χ4n) is 2.63. The third-order valence-electron chi connectivity index (χ3n) is 3.72. The minimum atomic E-state index is 0.478. The summed E-state index contributed by atoms with van der Waals surface area (Å²) in [5.41, 5.74) is 1.63. The van der Waals surface area contributed by atoms with Gasteiger partial charge in [-0.1, -0.05) is 35.3 Å². The molecule has 0 spiro atoms. The molecular weight excluding hydrogens is 397 g/mol. The van der Waals surface area contributed by atoms with Crippen LogP contribution in [0.1, 0.15) is 5.01 Å². The van der Waals surface area contributed by atoms with E-state index in [0.717, 1.165) is 10.5 Å². The van der Waals surface area contributed by atoms with Gasteiger partial charge in [0.05, 0.1) is 33.5 Å². The van der Waals surface area contributed by atoms with Crippen LogP contribution in [0.3, 0.4) is 0 Å². The van der Waals surface area contributed by atoms with Crippen molar-refractivity contribution in [2.75, 3.05) is 7.05 Å². The third-order valence-corrected chi connectivity index (χ3v) is 5.63. The molecule has 0 unspecified atom stereocenters. The summed E-state index contributed by atoms with van der Waals surface area (Å²) in [6.07, 6.45) is 1.72. The standard InChI is InChI=1S/C16H13Cl2N5S2/c1-21(8-14-19-12-4-2-3-5-13(12)25-14)9-23-16(24)22-7-10(17)6-11(18)15(22)20-23/h2-7H,8-9H2,1H3. The average Bonchev–Trinajstić information content (AvgIpc) is 3.09. The molecule has 3 aromatic heterocycles. The molecule has 0 saturated heterocycles. The Hall–Kier alpha value is -1.51. The molecule has 4 rings (SSSR count). The lowest BCUT2D eigenvalue weighted by Crippen LogP contribution is -2.22. The first-order valence-corrected chi connectivity index (χ1v) is 9.46. The molecule has 0 fully saturated rings. The lowest BCUT2D eigenvalue weighted by atomic mass is 10.3. The molecule has 3 heterocycles. The van der Waals surface area contributed by atoms with Crippen molar-refractivity contribution in [1.82, 2.24) is 24.1 Å². The van der Waals surface area contributed by atoms with Gasteiger partial charge < -0.3 is 0 Å². The highest BCUT2D eigenvalue weighted by Crippen LogP contribution is 2.23. The van der Waals surface area contributed by atoms with Crippen LogP contribution >= 0.6 is 46.8 Å². The van der Waals surface area contributed by atoms with Crippen LogP contribution in [0.15, 0.2) is 36.5 Å². The van der Waals surface area contributed by atoms with Gasteiger partial charge in [-0.3, -0.25) is 9.30 Å². The molecule has 128 valence electrons. The van der Waals surface area contributed by atoms with Crippen molar-refractivity contribution in [3.8, 4) is 0 Å². The van der Waals surface area contributed by atoms with E-state index in [0.29, 0.717) is 33.7 Å². The topological polar surface area (TPSA) is 38.4 Å². The van der Waals surface area contributed by atoms with Gasteiger partial charge in [0.25, 0.3) is 0 Å². The van der Waals surface area contributed by atoms with E-state index < -0.39 is 0 Å². The van der Waals surface area contributed by atoms with E-state index in [1.165, 1.54) is 4.70 Å². The van der Waals surface area contributed by atoms with Gasteiger partial charge in [0.1, 0.15) is 5.01 Å². The molecule has 0 aliphatic carbocycles. The average molecular weight is 410 g/mol. The maximum Gasteiger partial charge on any atom is 0.203 e. The lowest BCUT2D eigenvalue weighted by Gasteiger charge is -2.14. The highest BCUT2D eigenvalue weighted by atomic mass is 35.5. The summed E-state index contributed by atoms with van der Waals surface area (Å²) in [6, 6.07) is 9.80. The van der Waals surface area contributed by atoms with Crippen LogP contribution in [0.4, 0.5) is 0 Å². The first-order chi connectivity index (χ1) is 12.0. The second kappa shape index (κ2) is 6.66. The minimum absolute atomic E-state index is 0.478. The normalized spacial score (nSPS) is 11.8. The summed E-state index contributed by atoms with van der Waals surface area (Å²) < 4.78 is 5.21. The van der Waals surface area contributed by atoms with Crippen molar-refractivity contribution >= 4 is 62.6 Å². The number of pyridine rings is 1. The molecule has 4 aromatic rings. The Balaban J connectivity index is 1.59. The molecule has 0 radical (unpaired) electrons. The van der Waals surface area contributed by atoms with Crippen LogP contribution in [0, 0.1) is 4.77 Å². The zero-order valence-corrected chi connectivity index (χ0v) is 16.3. The molecule has 5 nitrogen and oxygen atoms in total. The van der Waals surface area contributed by atoms with Gasteiger partial charge in [-0.2, -0.15) is 0 Å². The Labute approximate surface area is 163 Å². The predicted molar refractivity (Wildman–Crippen MR) is 105 cm³/mol. The first kappa shape index (κ1) is 16.9. The number of hydrogen-bond acceptors (Lipinski definition) is 5. The van der Waals surface area contributed by atoms with E-state index >= 15 is 0 Å². The number of aromatic nitrogens is 4. The molecule has 0 aliphatic rings. The summed E-state index contributed by atoms with van der Waals surface area (Å²) in [6.45, 7) is 1.24. The number of thiazole rings is 1. The Morgan fingerprint density at radius 2 is 2.08 bits per heavy atom. The van der Waals surface area contributed by atoms with E-state index in [1.54, 1.807) is 32.7 Å². The Kier molecular flexibility index (Phi) is 4.51. The van der Waals surface area contributed by atoms with Crippen LogP contribution < -0.4 is 0 Å². The molecule has 1 aromatic carbocycles. The summed E-state index contributed by atoms with van der Waals surface area (Å²) in [7, 11) is 2.01. The predicted octanol–water partition coefficient (Wildman–Crippen LogP) is 4.87. The molecule has 0 aliphatic heterocycles. The van der Waals surface area contributed by atoms with Crippen LogP contribution in [0.2, 0.25) is 10.0 Å². The minimum Gasteiger partial charge on any atom is -0.281 e. The highest BCUT2D eigenvalue weighted by Gasteiger charge is 2.12. The fourth-order valence-corrected chi connectivity index (χ4v) is 4.43. The van der Waals surface area contributed by atoms with Crippen molar-refractivity contribution in [2.24, 2.45) is 0 Å². The molecule has 25 heavy (non-hydrogen) atoms. The van der Waals surface area contributed by atoms with E-state index in [4.69, 9.17) is 35.4 Å². The van der Waals surface area contributed by atoms with Gasteiger partial charge in [-0.25, -0.2) is 9.67 Å². The zero-order valence-electron chi connectivity index (χ0n) is 13.2. The first-order valence-electron chi connectivity index (χ1n) is 7.48. The monoisotopic (exact) mass is 409 g/mol. The van der Waals surface area contributed by atoms with Crippen molar-refractivity contribution in [1.29, 1.82) is 0 Å². The maximum absolute atomic E-state index is 6.21. The quantitative estimate of drug-likeness (QED) is 0.450. The van der Waals surface area contributed by atoms with Gasteiger partial charge >= 0.3 is 0 Å². The van der Waals surface area contributed by atoms with Gasteiger partial charge in [0.2, 0.25) is 4.77 Å². The van der Waals surface area contributed by atoms with E-state index in [1.807, 2.05) is 25.2 Å². The van der Waals surface area contributed by atoms with E-state index in [2.05, 4.69) is 21.0 Å². The number of fused-ring (bicyclic) bond motifs is 2. The van der Waals surface area contributed by atoms with Crippen molar-refractivity contribution in [2.45, 2.75) is 13.2 Å². The van der Waals surface area contributed by atoms with Gasteiger partial charge in [0, 0.05) is 6.20 Å². The molecule has 0 N–H and O–H groups in total. The molecule has 0 atom stereocenters. The van der Waals surface area contributed by atoms with Crippen LogP contribution in [0.25, 0.3) is 15.9 Å². The summed E-state index contributed by atoms with van der Waals surface area (Å²) in [5, 5.41) is 6.56. The number of para-hydroxylation sites is 1. The molecule has 0 saturated carbocycles. The van der Waals surface area contributed by atoms with Gasteiger partial charge in [-0.05, 0) is 37.5 Å². The largest absolute Gasteiger partial charge is 0.281 e. The molecule has 0 bridgehead atoms. The second-order valence-corrected chi connectivity index (χ2v) is 8.04. The Bertz CT molecular complexity index is 1100. The number of benzene rings is 1. The molecular formula is C16H13Cl2N5S2. The third kappa shape index (κ3) is 3.30. The molecule has 9 heteroatoms. The molecule has 0 amide bonds. The summed E-state index contributed by atoms with van der Waals surface area (Å²) >= 11 is 19.4. The van der Waals surface area contributed by atoms with Crippen molar-refractivity contribution < 1.29 is 0 Å². The van der Waals surface area contributed by atoms with Crippen LogP contribution in [-0.4, -0.2) is 31.1 Å². The summed E-state index contributed by atoms with van der Waals surface area (Å²) in [5.74, 6) is 0. The number of halogens is 2. The highest BCUT2D eigenvalue weighted by molar-refractivity contribution is 7.71. The zero-order chi connectivity index (χ0) is 17.6. The van der Waals surface area contributed by atoms with E-state index in [-0.39, 0.29) is 0 Å². The fraction of sp³-hybridized carbons (Fsp3) is 0.188. The van der Waals surface area contributed by atoms with Crippen molar-refractivity contribution in [3.05, 3.63) is 56.4 Å². The SMILES string of the molecule is CN(Cc1nc2ccccc2s1)Cn1nc2c(Cl)cc(Cl)cn2c1=S. The smallest absolute Gasteiger partial charge is 0.203 e. The number of nitrogens with zero attached hydrogens (tertiary/aromatic N) is 5. The van der Waals surface area contributed by atoms with Gasteiger partial charge in [-0.15, -0.1) is 16.4 Å². The van der Waals surface area contributed by atoms with Gasteiger partial charge in [0.15, 0.2) is 5.65 Å². The lowest BCUT2D eigenvalue weighted by molar-refractivity contribution is 0.244. The summed E-state index contributed by atoms with van der Waals surface area (Å²) in [4.78, 5) is 6.77. The Morgan fingerprint density at radius 3 is 2.88 bits per heavy atom. The number of rotatable bonds is 4. The Morgan fingerprint density at radius 1 is 1.28 bits per heavy atom. The van der Waals surface area contributed by atoms with Crippen molar-refractivity contribution in [3.63, 3.8) is 0 Å². The number of hydrogen-bond donors (Lipinski definition) is 0. The van der Waals surface area contributed by atoms with E-state index in [9.17, 15) is 0 Å². The maximum atomic E-state index is 6.21.